The number of carboxylic acids is 1. The van der Waals surface area contributed by atoms with Gasteiger partial charge >= 0.3 is 5.97 Å². The summed E-state index contributed by atoms with van der Waals surface area (Å²) in [4.78, 5) is 86.9. The fourth-order valence-electron chi connectivity index (χ4n) is 3.61. The molecule has 0 aliphatic rings. The molecule has 4 atom stereocenters. The minimum atomic E-state index is -1.59. The van der Waals surface area contributed by atoms with Crippen LogP contribution in [0, 0.1) is 11.8 Å². The van der Waals surface area contributed by atoms with Crippen molar-refractivity contribution in [2.75, 3.05) is 0 Å². The number of carboxylic acid groups (broad SMARTS) is 1. The molecule has 0 unspecified atom stereocenters. The summed E-state index contributed by atoms with van der Waals surface area (Å²) in [7, 11) is 0. The second kappa shape index (κ2) is 15.2. The summed E-state index contributed by atoms with van der Waals surface area (Å²) in [5.74, 6) is -6.18. The molecule has 0 saturated heterocycles. The maximum Gasteiger partial charge on any atom is 0.328 e. The average molecular weight is 571 g/mol. The number of aliphatic carboxylic acids is 1. The summed E-state index contributed by atoms with van der Waals surface area (Å²) in [6.45, 7) is 13.8. The Labute approximate surface area is 235 Å². The highest BCUT2D eigenvalue weighted by Crippen LogP contribution is 2.13. The molecule has 0 rings (SSSR count). The number of primary amides is 1. The maximum atomic E-state index is 13.4. The molecule has 14 nitrogen and oxygen atoms in total. The van der Waals surface area contributed by atoms with Gasteiger partial charge in [-0.1, -0.05) is 34.1 Å². The zero-order valence-corrected chi connectivity index (χ0v) is 24.9. The van der Waals surface area contributed by atoms with E-state index in [1.165, 1.54) is 34.6 Å². The van der Waals surface area contributed by atoms with E-state index in [-0.39, 0.29) is 12.3 Å². The van der Waals surface area contributed by atoms with E-state index in [2.05, 4.69) is 26.6 Å². The van der Waals surface area contributed by atoms with Gasteiger partial charge in [0.2, 0.25) is 35.4 Å². The standard InChI is InChI=1S/C26H46N6O8/c1-10-14(4)19(22(37)28-16(11-13(2)3)21(36)32-26(8,9)24(39)40)30-20(35)17(12-18(27)34)29-23(38)25(6,7)31-15(5)33/h13-14,16-17,19H,10-12H2,1-9H3,(H2,27,34)(H,28,37)(H,29,38)(H,30,35)(H,31,33)(H,32,36)(H,39,40)/t14-,16-,17-,19-/m0/s1. The minimum absolute atomic E-state index is 0.0530. The molecule has 0 aliphatic heterocycles. The molecule has 0 aliphatic carbocycles. The Kier molecular flexibility index (Phi) is 13.8. The molecule has 0 saturated carbocycles. The normalized spacial score (nSPS) is 14.7. The van der Waals surface area contributed by atoms with Gasteiger partial charge in [-0.05, 0) is 46.0 Å². The van der Waals surface area contributed by atoms with Crippen molar-refractivity contribution < 1.29 is 38.7 Å². The largest absolute Gasteiger partial charge is 0.480 e. The SMILES string of the molecule is CC[C@H](C)[C@H](NC(=O)[C@H](CC(N)=O)NC(=O)C(C)(C)NC(C)=O)C(=O)N[C@@H](CC(C)C)C(=O)NC(C)(C)C(=O)O. The van der Waals surface area contributed by atoms with E-state index in [1.807, 2.05) is 13.8 Å². The Balaban J connectivity index is 6.00. The van der Waals surface area contributed by atoms with Crippen LogP contribution < -0.4 is 32.3 Å². The van der Waals surface area contributed by atoms with Crippen LogP contribution in [0.4, 0.5) is 0 Å². The number of nitrogens with one attached hydrogen (secondary N) is 5. The fourth-order valence-corrected chi connectivity index (χ4v) is 3.61. The first kappa shape index (κ1) is 36.3. The van der Waals surface area contributed by atoms with Crippen LogP contribution in [-0.4, -0.2) is 75.7 Å². The van der Waals surface area contributed by atoms with E-state index >= 15 is 0 Å². The Hall–Kier alpha value is -3.71. The zero-order chi connectivity index (χ0) is 31.6. The topological polar surface area (TPSA) is 226 Å². The first-order chi connectivity index (χ1) is 18.1. The van der Waals surface area contributed by atoms with Gasteiger partial charge in [0.25, 0.3) is 0 Å². The Bertz CT molecular complexity index is 978. The first-order valence-corrected chi connectivity index (χ1v) is 13.2. The van der Waals surface area contributed by atoms with E-state index < -0.39 is 83.0 Å². The highest BCUT2D eigenvalue weighted by Gasteiger charge is 2.37. The van der Waals surface area contributed by atoms with Gasteiger partial charge in [-0.15, -0.1) is 0 Å². The first-order valence-electron chi connectivity index (χ1n) is 13.2. The van der Waals surface area contributed by atoms with Crippen molar-refractivity contribution in [1.29, 1.82) is 0 Å². The molecular weight excluding hydrogens is 524 g/mol. The number of amides is 6. The van der Waals surface area contributed by atoms with Gasteiger partial charge in [-0.25, -0.2) is 4.79 Å². The number of rotatable bonds is 16. The van der Waals surface area contributed by atoms with E-state index in [1.54, 1.807) is 13.8 Å². The molecule has 0 aromatic heterocycles. The lowest BCUT2D eigenvalue weighted by Crippen LogP contribution is -2.62. The van der Waals surface area contributed by atoms with Crippen LogP contribution in [0.5, 0.6) is 0 Å². The van der Waals surface area contributed by atoms with Gasteiger partial charge in [0, 0.05) is 6.92 Å². The summed E-state index contributed by atoms with van der Waals surface area (Å²) in [6, 6.07) is -3.74. The highest BCUT2D eigenvalue weighted by atomic mass is 16.4. The van der Waals surface area contributed by atoms with Crippen molar-refractivity contribution in [2.24, 2.45) is 17.6 Å². The van der Waals surface area contributed by atoms with E-state index in [0.29, 0.717) is 6.42 Å². The number of carbonyl (C=O) groups excluding carboxylic acids is 6. The summed E-state index contributed by atoms with van der Waals surface area (Å²) < 4.78 is 0. The van der Waals surface area contributed by atoms with Crippen LogP contribution in [0.2, 0.25) is 0 Å². The molecule has 0 fully saturated rings. The van der Waals surface area contributed by atoms with Crippen molar-refractivity contribution in [3.05, 3.63) is 0 Å². The molecule has 0 heterocycles. The Morgan fingerprint density at radius 1 is 0.775 bits per heavy atom. The zero-order valence-electron chi connectivity index (χ0n) is 24.9. The van der Waals surface area contributed by atoms with E-state index in [0.717, 1.165) is 0 Å². The third-order valence-corrected chi connectivity index (χ3v) is 6.19. The van der Waals surface area contributed by atoms with Crippen LogP contribution >= 0.6 is 0 Å². The van der Waals surface area contributed by atoms with Gasteiger partial charge in [0.1, 0.15) is 29.2 Å². The molecule has 0 bridgehead atoms. The average Bonchev–Trinajstić information content (AvgIpc) is 2.78. The number of carbonyl (C=O) groups is 7. The van der Waals surface area contributed by atoms with Gasteiger partial charge in [-0.3, -0.25) is 28.8 Å². The molecule has 40 heavy (non-hydrogen) atoms. The summed E-state index contributed by atoms with van der Waals surface area (Å²) in [6.07, 6.45) is 0.0477. The van der Waals surface area contributed by atoms with Gasteiger partial charge in [0.05, 0.1) is 6.42 Å². The maximum absolute atomic E-state index is 13.4. The molecule has 228 valence electrons. The molecule has 14 heteroatoms. The molecule has 0 radical (unpaired) electrons. The van der Waals surface area contributed by atoms with E-state index in [9.17, 15) is 38.7 Å². The summed E-state index contributed by atoms with van der Waals surface area (Å²) >= 11 is 0. The number of hydrogen-bond acceptors (Lipinski definition) is 7. The number of hydrogen-bond donors (Lipinski definition) is 7. The van der Waals surface area contributed by atoms with Gasteiger partial charge < -0.3 is 37.4 Å². The van der Waals surface area contributed by atoms with Crippen LogP contribution in [-0.2, 0) is 33.6 Å². The van der Waals surface area contributed by atoms with Crippen molar-refractivity contribution in [1.82, 2.24) is 26.6 Å². The third kappa shape index (κ3) is 12.0. The molecule has 0 aromatic rings. The summed E-state index contributed by atoms with van der Waals surface area (Å²) in [5.41, 5.74) is 2.27. The minimum Gasteiger partial charge on any atom is -0.480 e. The molecular formula is C26H46N6O8. The monoisotopic (exact) mass is 570 g/mol. The van der Waals surface area contributed by atoms with Gasteiger partial charge in [0.15, 0.2) is 0 Å². The van der Waals surface area contributed by atoms with Crippen LogP contribution in [0.3, 0.4) is 0 Å². The van der Waals surface area contributed by atoms with Crippen molar-refractivity contribution >= 4 is 41.4 Å². The molecule has 0 spiro atoms. The molecule has 6 amide bonds. The van der Waals surface area contributed by atoms with Crippen LogP contribution in [0.15, 0.2) is 0 Å². The predicted octanol–water partition coefficient (Wildman–Crippen LogP) is -0.697. The molecule has 0 aromatic carbocycles. The molecule has 8 N–H and O–H groups in total. The van der Waals surface area contributed by atoms with Crippen LogP contribution in [0.1, 0.15) is 81.6 Å². The van der Waals surface area contributed by atoms with Gasteiger partial charge in [-0.2, -0.15) is 0 Å². The quantitative estimate of drug-likeness (QED) is 0.125. The lowest BCUT2D eigenvalue weighted by Gasteiger charge is -2.31. The third-order valence-electron chi connectivity index (χ3n) is 6.19. The lowest BCUT2D eigenvalue weighted by molar-refractivity contribution is -0.146. The van der Waals surface area contributed by atoms with Crippen molar-refractivity contribution in [3.8, 4) is 0 Å². The van der Waals surface area contributed by atoms with Crippen molar-refractivity contribution in [2.45, 2.75) is 111 Å². The summed E-state index contributed by atoms with van der Waals surface area (Å²) in [5, 5.41) is 21.8. The predicted molar refractivity (Wildman–Crippen MR) is 146 cm³/mol. The lowest BCUT2D eigenvalue weighted by atomic mass is 9.95. The number of nitrogens with two attached hydrogens (primary N) is 1. The second-order valence-corrected chi connectivity index (χ2v) is 11.5. The fraction of sp³-hybridized carbons (Fsp3) is 0.731. The Morgan fingerprint density at radius 3 is 1.75 bits per heavy atom. The van der Waals surface area contributed by atoms with E-state index in [4.69, 9.17) is 5.73 Å². The Morgan fingerprint density at radius 2 is 1.32 bits per heavy atom. The highest BCUT2D eigenvalue weighted by molar-refractivity contribution is 5.98. The smallest absolute Gasteiger partial charge is 0.328 e. The van der Waals surface area contributed by atoms with Crippen molar-refractivity contribution in [3.63, 3.8) is 0 Å². The second-order valence-electron chi connectivity index (χ2n) is 11.5. The van der Waals surface area contributed by atoms with Crippen LogP contribution in [0.25, 0.3) is 0 Å².